The van der Waals surface area contributed by atoms with Crippen LogP contribution in [-0.2, 0) is 11.3 Å². The van der Waals surface area contributed by atoms with Crippen molar-refractivity contribution in [2.45, 2.75) is 57.4 Å². The molecule has 9 heteroatoms. The topological polar surface area (TPSA) is 96.8 Å². The molecule has 1 amide bonds. The van der Waals surface area contributed by atoms with Crippen LogP contribution in [0.4, 0.5) is 15.0 Å². The minimum absolute atomic E-state index is 0.167. The maximum atomic E-state index is 14.5. The van der Waals surface area contributed by atoms with Crippen molar-refractivity contribution in [2.75, 3.05) is 11.9 Å². The van der Waals surface area contributed by atoms with Gasteiger partial charge >= 0.3 is 6.09 Å². The summed E-state index contributed by atoms with van der Waals surface area (Å²) in [6.45, 7) is 4.35. The minimum Gasteiger partial charge on any atom is -0.451 e. The molecule has 4 aromatic rings. The highest BCUT2D eigenvalue weighted by molar-refractivity contribution is 5.75. The van der Waals surface area contributed by atoms with E-state index < -0.39 is 12.2 Å². The monoisotopic (exact) mass is 570 g/mol. The largest absolute Gasteiger partial charge is 0.451 e. The number of ether oxygens (including phenoxy) is 2. The Morgan fingerprint density at radius 2 is 1.81 bits per heavy atom. The highest BCUT2D eigenvalue weighted by atomic mass is 19.1. The fourth-order valence-electron chi connectivity index (χ4n) is 5.43. The molecule has 1 fully saturated rings. The number of aliphatic hydroxyl groups excluding tert-OH is 1. The van der Waals surface area contributed by atoms with Gasteiger partial charge in [-0.05, 0) is 53.6 Å². The smallest absolute Gasteiger partial charge is 0.407 e. The molecule has 0 bridgehead atoms. The predicted molar refractivity (Wildman–Crippen MR) is 159 cm³/mol. The van der Waals surface area contributed by atoms with Crippen molar-refractivity contribution in [3.63, 3.8) is 0 Å². The Morgan fingerprint density at radius 1 is 1.05 bits per heavy atom. The molecule has 2 N–H and O–H groups in total. The van der Waals surface area contributed by atoms with Crippen LogP contribution in [-0.4, -0.2) is 46.4 Å². The van der Waals surface area contributed by atoms with Crippen molar-refractivity contribution in [3.8, 4) is 22.6 Å². The molecule has 1 aliphatic carbocycles. The Balaban J connectivity index is 1.32. The van der Waals surface area contributed by atoms with Crippen LogP contribution >= 0.6 is 0 Å². The molecule has 0 unspecified atom stereocenters. The summed E-state index contributed by atoms with van der Waals surface area (Å²) >= 11 is 0. The van der Waals surface area contributed by atoms with E-state index in [-0.39, 0.29) is 30.4 Å². The summed E-state index contributed by atoms with van der Waals surface area (Å²) in [4.78, 5) is 22.9. The summed E-state index contributed by atoms with van der Waals surface area (Å²) in [6.07, 6.45) is 2.55. The first-order valence-electron chi connectivity index (χ1n) is 14.0. The van der Waals surface area contributed by atoms with E-state index in [0.717, 1.165) is 16.7 Å². The predicted octanol–water partition coefficient (Wildman–Crippen LogP) is 6.45. The molecule has 218 valence electrons. The quantitative estimate of drug-likeness (QED) is 0.239. The maximum Gasteiger partial charge on any atom is 0.407 e. The van der Waals surface area contributed by atoms with E-state index in [1.165, 1.54) is 18.5 Å². The van der Waals surface area contributed by atoms with Crippen molar-refractivity contribution in [1.29, 1.82) is 0 Å². The first kappa shape index (κ1) is 29.0. The second kappa shape index (κ2) is 13.0. The number of hydrogen-bond donors (Lipinski definition) is 2. The van der Waals surface area contributed by atoms with Crippen LogP contribution in [0.15, 0.2) is 85.3 Å². The zero-order valence-electron chi connectivity index (χ0n) is 23.9. The zero-order valence-corrected chi connectivity index (χ0v) is 23.9. The van der Waals surface area contributed by atoms with Crippen LogP contribution in [0.25, 0.3) is 11.1 Å². The van der Waals surface area contributed by atoms with E-state index in [9.17, 15) is 14.3 Å². The lowest BCUT2D eigenvalue weighted by Crippen LogP contribution is -2.39. The number of rotatable bonds is 9. The summed E-state index contributed by atoms with van der Waals surface area (Å²) in [5.74, 6) is 1.14. The summed E-state index contributed by atoms with van der Waals surface area (Å²) in [5, 5.41) is 13.8. The Morgan fingerprint density at radius 3 is 2.60 bits per heavy atom. The molecular weight excluding hydrogens is 535 g/mol. The molecule has 1 aliphatic rings. The number of benzene rings is 3. The van der Waals surface area contributed by atoms with Gasteiger partial charge in [0, 0.05) is 18.7 Å². The molecule has 1 heterocycles. The average Bonchev–Trinajstić information content (AvgIpc) is 3.36. The molecule has 0 radical (unpaired) electrons. The SMILES string of the molecule is CC(C)c1ccccc1-c1cc(F)ccc1Oc1cncnc1N(C)[C@H]1C[C@@H](NC(=O)OCc2ccccc2)C[C@H]1O. The fraction of sp³-hybridized carbons (Fsp3) is 0.303. The molecule has 3 atom stereocenters. The van der Waals surface area contributed by atoms with Crippen LogP contribution < -0.4 is 15.0 Å². The molecule has 3 aromatic carbocycles. The third-order valence-corrected chi connectivity index (χ3v) is 7.56. The van der Waals surface area contributed by atoms with Crippen molar-refractivity contribution < 1.29 is 23.8 Å². The number of carbonyl (C=O) groups is 1. The van der Waals surface area contributed by atoms with Crippen LogP contribution in [0.3, 0.4) is 0 Å². The summed E-state index contributed by atoms with van der Waals surface area (Å²) < 4.78 is 26.2. The Bertz CT molecular complexity index is 1520. The molecule has 0 spiro atoms. The van der Waals surface area contributed by atoms with Gasteiger partial charge in [-0.2, -0.15) is 0 Å². The van der Waals surface area contributed by atoms with E-state index in [4.69, 9.17) is 9.47 Å². The van der Waals surface area contributed by atoms with Gasteiger partial charge in [0.2, 0.25) is 0 Å². The highest BCUT2D eigenvalue weighted by Gasteiger charge is 2.38. The number of halogens is 1. The van der Waals surface area contributed by atoms with Gasteiger partial charge in [-0.3, -0.25) is 0 Å². The van der Waals surface area contributed by atoms with Gasteiger partial charge in [0.25, 0.3) is 0 Å². The summed E-state index contributed by atoms with van der Waals surface area (Å²) in [5.41, 5.74) is 3.47. The van der Waals surface area contributed by atoms with Crippen LogP contribution in [0.1, 0.15) is 43.7 Å². The van der Waals surface area contributed by atoms with Gasteiger partial charge in [0.1, 0.15) is 24.5 Å². The zero-order chi connectivity index (χ0) is 29.6. The van der Waals surface area contributed by atoms with E-state index in [1.54, 1.807) is 12.3 Å². The second-order valence-electron chi connectivity index (χ2n) is 10.8. The standard InChI is InChI=1S/C33H35FN4O4/c1-21(2)25-11-7-8-12-26(25)27-15-23(34)13-14-30(27)42-31-18-35-20-36-32(31)38(3)28-16-24(17-29(28)39)37-33(40)41-19-22-9-5-4-6-10-22/h4-15,18,20-21,24,28-29,39H,16-17,19H2,1-3H3,(H,37,40)/t24-,28+,29-/m1/s1. The van der Waals surface area contributed by atoms with E-state index in [0.29, 0.717) is 35.7 Å². The van der Waals surface area contributed by atoms with E-state index in [2.05, 4.69) is 29.1 Å². The van der Waals surface area contributed by atoms with Gasteiger partial charge in [-0.25, -0.2) is 19.2 Å². The first-order valence-corrected chi connectivity index (χ1v) is 14.0. The van der Waals surface area contributed by atoms with Gasteiger partial charge in [-0.1, -0.05) is 68.4 Å². The second-order valence-corrected chi connectivity index (χ2v) is 10.8. The molecule has 0 saturated heterocycles. The van der Waals surface area contributed by atoms with Crippen molar-refractivity contribution in [1.82, 2.24) is 15.3 Å². The lowest BCUT2D eigenvalue weighted by atomic mass is 9.92. The normalized spacial score (nSPS) is 18.1. The van der Waals surface area contributed by atoms with Crippen LogP contribution in [0, 0.1) is 5.82 Å². The minimum atomic E-state index is -0.725. The molecular formula is C33H35FN4O4. The van der Waals surface area contributed by atoms with Gasteiger partial charge in [-0.15, -0.1) is 0 Å². The van der Waals surface area contributed by atoms with Gasteiger partial charge in [0.15, 0.2) is 11.6 Å². The van der Waals surface area contributed by atoms with Crippen molar-refractivity contribution in [2.24, 2.45) is 0 Å². The summed E-state index contributed by atoms with van der Waals surface area (Å²) in [7, 11) is 1.82. The average molecular weight is 571 g/mol. The fourth-order valence-corrected chi connectivity index (χ4v) is 5.43. The first-order chi connectivity index (χ1) is 20.3. The number of nitrogens with one attached hydrogen (secondary N) is 1. The third kappa shape index (κ3) is 6.69. The van der Waals surface area contributed by atoms with Crippen LogP contribution in [0.2, 0.25) is 0 Å². The number of likely N-dealkylation sites (N-methyl/N-ethyl adjacent to an activating group) is 1. The van der Waals surface area contributed by atoms with E-state index >= 15 is 0 Å². The number of anilines is 1. The Kier molecular flexibility index (Phi) is 8.97. The van der Waals surface area contributed by atoms with Crippen molar-refractivity contribution in [3.05, 3.63) is 102 Å². The number of carbonyl (C=O) groups excluding carboxylic acids is 1. The molecule has 1 saturated carbocycles. The van der Waals surface area contributed by atoms with Crippen molar-refractivity contribution >= 4 is 11.9 Å². The highest BCUT2D eigenvalue weighted by Crippen LogP contribution is 2.40. The Labute approximate surface area is 245 Å². The molecule has 1 aromatic heterocycles. The third-order valence-electron chi connectivity index (χ3n) is 7.56. The van der Waals surface area contributed by atoms with Crippen LogP contribution in [0.5, 0.6) is 11.5 Å². The number of amides is 1. The number of aromatic nitrogens is 2. The number of hydrogen-bond acceptors (Lipinski definition) is 7. The molecule has 5 rings (SSSR count). The lowest BCUT2D eigenvalue weighted by molar-refractivity contribution is 0.133. The number of alkyl carbamates (subject to hydrolysis) is 1. The molecule has 42 heavy (non-hydrogen) atoms. The maximum absolute atomic E-state index is 14.5. The number of aliphatic hydroxyl groups is 1. The molecule has 0 aliphatic heterocycles. The Hall–Kier alpha value is -4.50. The summed E-state index contributed by atoms with van der Waals surface area (Å²) in [6, 6.07) is 21.1. The molecule has 8 nitrogen and oxygen atoms in total. The van der Waals surface area contributed by atoms with E-state index in [1.807, 2.05) is 66.5 Å². The van der Waals surface area contributed by atoms with Gasteiger partial charge < -0.3 is 24.8 Å². The number of nitrogens with zero attached hydrogens (tertiary/aromatic N) is 3. The lowest BCUT2D eigenvalue weighted by Gasteiger charge is -2.29. The van der Waals surface area contributed by atoms with Gasteiger partial charge in [0.05, 0.1) is 18.3 Å².